The topological polar surface area (TPSA) is 22.1 Å². The second-order valence-corrected chi connectivity index (χ2v) is 7.39. The van der Waals surface area contributed by atoms with Crippen LogP contribution in [-0.4, -0.2) is 17.7 Å². The Bertz CT molecular complexity index is 579. The zero-order chi connectivity index (χ0) is 14.7. The molecule has 112 valence electrons. The first-order valence-corrected chi connectivity index (χ1v) is 9.26. The Morgan fingerprint density at radius 1 is 1.33 bits per heavy atom. The van der Waals surface area contributed by atoms with E-state index in [0.29, 0.717) is 12.0 Å². The summed E-state index contributed by atoms with van der Waals surface area (Å²) in [7, 11) is 0. The van der Waals surface area contributed by atoms with Gasteiger partial charge in [0.25, 0.3) is 0 Å². The average molecular weight is 366 g/mol. The summed E-state index contributed by atoms with van der Waals surface area (Å²) in [6, 6.07) is 8.37. The molecule has 0 saturated carbocycles. The lowest BCUT2D eigenvalue weighted by Gasteiger charge is -2.28. The molecule has 4 heteroatoms. The van der Waals surface area contributed by atoms with Gasteiger partial charge in [-0.15, -0.1) is 11.3 Å². The van der Waals surface area contributed by atoms with Gasteiger partial charge in [0.05, 0.1) is 16.8 Å². The number of thiazole rings is 1. The average Bonchev–Trinajstić information content (AvgIpc) is 2.98. The van der Waals surface area contributed by atoms with Gasteiger partial charge in [-0.1, -0.05) is 41.4 Å². The smallest absolute Gasteiger partial charge is 0.0965 e. The van der Waals surface area contributed by atoms with Crippen LogP contribution >= 0.6 is 27.3 Å². The number of hydrogen-bond acceptors (Lipinski definition) is 3. The van der Waals surface area contributed by atoms with Crippen LogP contribution in [-0.2, 0) is 4.74 Å². The van der Waals surface area contributed by atoms with Gasteiger partial charge in [-0.2, -0.15) is 0 Å². The third-order valence-corrected chi connectivity index (χ3v) is 5.52. The van der Waals surface area contributed by atoms with E-state index in [1.807, 2.05) is 0 Å². The van der Waals surface area contributed by atoms with Gasteiger partial charge in [0.15, 0.2) is 0 Å². The van der Waals surface area contributed by atoms with Crippen molar-refractivity contribution in [2.24, 2.45) is 0 Å². The van der Waals surface area contributed by atoms with Crippen LogP contribution in [0.1, 0.15) is 43.5 Å². The molecular formula is C17H20BrNOS. The zero-order valence-corrected chi connectivity index (χ0v) is 14.6. The highest BCUT2D eigenvalue weighted by molar-refractivity contribution is 9.10. The number of aromatic nitrogens is 1. The summed E-state index contributed by atoms with van der Waals surface area (Å²) in [5.74, 6) is 0.574. The second kappa shape index (κ2) is 7.03. The maximum absolute atomic E-state index is 5.85. The van der Waals surface area contributed by atoms with E-state index in [1.165, 1.54) is 23.4 Å². The molecule has 2 atom stereocenters. The van der Waals surface area contributed by atoms with Crippen molar-refractivity contribution in [3.8, 4) is 11.3 Å². The summed E-state index contributed by atoms with van der Waals surface area (Å²) in [5, 5.41) is 3.46. The molecule has 2 aromatic rings. The standard InChI is InChI=1S/C17H20BrNOS/c1-2-3-15-10-13(8-9-20-15)17-19-16(11-21-17)12-4-6-14(18)7-5-12/h4-7,11,13,15H,2-3,8-10H2,1H3/t13-,15+/m0/s1. The number of hydrogen-bond donors (Lipinski definition) is 0. The van der Waals surface area contributed by atoms with Gasteiger partial charge in [-0.05, 0) is 31.4 Å². The summed E-state index contributed by atoms with van der Waals surface area (Å²) in [6.45, 7) is 3.10. The lowest BCUT2D eigenvalue weighted by Crippen LogP contribution is -2.24. The van der Waals surface area contributed by atoms with Gasteiger partial charge in [0.2, 0.25) is 0 Å². The number of nitrogens with zero attached hydrogens (tertiary/aromatic N) is 1. The van der Waals surface area contributed by atoms with Crippen LogP contribution in [0.2, 0.25) is 0 Å². The van der Waals surface area contributed by atoms with E-state index in [1.54, 1.807) is 11.3 Å². The molecule has 21 heavy (non-hydrogen) atoms. The lowest BCUT2D eigenvalue weighted by molar-refractivity contribution is 0.00161. The first kappa shape index (κ1) is 15.2. The number of benzene rings is 1. The fourth-order valence-electron chi connectivity index (χ4n) is 2.86. The van der Waals surface area contributed by atoms with Crippen LogP contribution < -0.4 is 0 Å². The summed E-state index contributed by atoms with van der Waals surface area (Å²) >= 11 is 5.27. The lowest BCUT2D eigenvalue weighted by atomic mass is 9.94. The Balaban J connectivity index is 1.73. The first-order valence-electron chi connectivity index (χ1n) is 7.59. The molecule has 1 aliphatic heterocycles. The molecular weight excluding hydrogens is 346 g/mol. The number of rotatable bonds is 4. The van der Waals surface area contributed by atoms with Crippen LogP contribution in [0.4, 0.5) is 0 Å². The van der Waals surface area contributed by atoms with E-state index in [0.717, 1.165) is 29.6 Å². The molecule has 2 heterocycles. The minimum absolute atomic E-state index is 0.425. The van der Waals surface area contributed by atoms with Crippen molar-refractivity contribution in [3.05, 3.63) is 39.1 Å². The second-order valence-electron chi connectivity index (χ2n) is 5.58. The quantitative estimate of drug-likeness (QED) is 0.699. The van der Waals surface area contributed by atoms with E-state index in [-0.39, 0.29) is 0 Å². The third kappa shape index (κ3) is 3.74. The Hall–Kier alpha value is -0.710. The molecule has 1 aromatic carbocycles. The maximum atomic E-state index is 5.85. The summed E-state index contributed by atoms with van der Waals surface area (Å²) in [5.41, 5.74) is 2.29. The molecule has 0 radical (unpaired) electrons. The highest BCUT2D eigenvalue weighted by atomic mass is 79.9. The molecule has 1 aromatic heterocycles. The molecule has 0 spiro atoms. The molecule has 0 N–H and O–H groups in total. The molecule has 3 rings (SSSR count). The minimum Gasteiger partial charge on any atom is -0.378 e. The van der Waals surface area contributed by atoms with Gasteiger partial charge < -0.3 is 4.74 Å². The van der Waals surface area contributed by atoms with E-state index >= 15 is 0 Å². The molecule has 2 nitrogen and oxygen atoms in total. The van der Waals surface area contributed by atoms with Gasteiger partial charge in [-0.3, -0.25) is 0 Å². The predicted molar refractivity (Wildman–Crippen MR) is 91.9 cm³/mol. The monoisotopic (exact) mass is 365 g/mol. The van der Waals surface area contributed by atoms with Crippen molar-refractivity contribution in [2.45, 2.75) is 44.6 Å². The van der Waals surface area contributed by atoms with Crippen molar-refractivity contribution in [1.29, 1.82) is 0 Å². The predicted octanol–water partition coefficient (Wildman–Crippen LogP) is 5.64. The molecule has 1 saturated heterocycles. The third-order valence-electron chi connectivity index (χ3n) is 3.99. The molecule has 0 amide bonds. The van der Waals surface area contributed by atoms with Gasteiger partial charge in [-0.25, -0.2) is 4.98 Å². The van der Waals surface area contributed by atoms with Gasteiger partial charge in [0.1, 0.15) is 0 Å². The fourth-order valence-corrected chi connectivity index (χ4v) is 4.10. The minimum atomic E-state index is 0.425. The van der Waals surface area contributed by atoms with Gasteiger partial charge in [0, 0.05) is 27.9 Å². The van der Waals surface area contributed by atoms with Crippen LogP contribution in [0.15, 0.2) is 34.1 Å². The highest BCUT2D eigenvalue weighted by Crippen LogP contribution is 2.35. The van der Waals surface area contributed by atoms with Crippen LogP contribution in [0.5, 0.6) is 0 Å². The maximum Gasteiger partial charge on any atom is 0.0965 e. The number of ether oxygens (including phenoxy) is 1. The molecule has 0 bridgehead atoms. The normalized spacial score (nSPS) is 22.4. The van der Waals surface area contributed by atoms with Crippen LogP contribution in [0.3, 0.4) is 0 Å². The molecule has 0 unspecified atom stereocenters. The SMILES string of the molecule is CCC[C@@H]1C[C@@H](c2nc(-c3ccc(Br)cc3)cs2)CCO1. The highest BCUT2D eigenvalue weighted by Gasteiger charge is 2.25. The van der Waals surface area contributed by atoms with E-state index in [2.05, 4.69) is 52.5 Å². The Kier molecular flexibility index (Phi) is 5.09. The van der Waals surface area contributed by atoms with Gasteiger partial charge >= 0.3 is 0 Å². The Morgan fingerprint density at radius 3 is 2.90 bits per heavy atom. The molecule has 1 fully saturated rings. The molecule has 1 aliphatic rings. The van der Waals surface area contributed by atoms with E-state index in [9.17, 15) is 0 Å². The Morgan fingerprint density at radius 2 is 2.14 bits per heavy atom. The summed E-state index contributed by atoms with van der Waals surface area (Å²) in [4.78, 5) is 4.88. The van der Waals surface area contributed by atoms with Crippen molar-refractivity contribution in [3.63, 3.8) is 0 Å². The summed E-state index contributed by atoms with van der Waals surface area (Å²) in [6.07, 6.45) is 5.02. The largest absolute Gasteiger partial charge is 0.378 e. The first-order chi connectivity index (χ1) is 10.3. The number of halogens is 1. The van der Waals surface area contributed by atoms with Crippen molar-refractivity contribution >= 4 is 27.3 Å². The van der Waals surface area contributed by atoms with Crippen molar-refractivity contribution < 1.29 is 4.74 Å². The fraction of sp³-hybridized carbons (Fsp3) is 0.471. The van der Waals surface area contributed by atoms with E-state index < -0.39 is 0 Å². The zero-order valence-electron chi connectivity index (χ0n) is 12.2. The Labute approximate surface area is 138 Å². The van der Waals surface area contributed by atoms with Crippen LogP contribution in [0.25, 0.3) is 11.3 Å². The van der Waals surface area contributed by atoms with Crippen LogP contribution in [0, 0.1) is 0 Å². The molecule has 0 aliphatic carbocycles. The summed E-state index contributed by atoms with van der Waals surface area (Å²) < 4.78 is 6.95. The van der Waals surface area contributed by atoms with Crippen molar-refractivity contribution in [2.75, 3.05) is 6.61 Å². The van der Waals surface area contributed by atoms with E-state index in [4.69, 9.17) is 9.72 Å². The van der Waals surface area contributed by atoms with Crippen molar-refractivity contribution in [1.82, 2.24) is 4.98 Å².